The van der Waals surface area contributed by atoms with E-state index in [1.54, 1.807) is 54.2 Å². The molecular formula is C24H30N4O3S2. The van der Waals surface area contributed by atoms with Gasteiger partial charge < -0.3 is 4.90 Å². The number of nitrogens with one attached hydrogen (secondary N) is 1. The molecule has 2 aromatic carbocycles. The fourth-order valence-electron chi connectivity index (χ4n) is 3.40. The number of aromatic nitrogens is 2. The topological polar surface area (TPSA) is 84.3 Å². The van der Waals surface area contributed by atoms with E-state index in [9.17, 15) is 13.2 Å². The number of amides is 1. The van der Waals surface area contributed by atoms with Crippen molar-refractivity contribution in [2.24, 2.45) is 0 Å². The van der Waals surface area contributed by atoms with Gasteiger partial charge in [0, 0.05) is 25.4 Å². The number of likely N-dealkylation sites (N-methyl/N-ethyl adjacent to an activating group) is 1. The van der Waals surface area contributed by atoms with Gasteiger partial charge in [-0.05, 0) is 43.0 Å². The summed E-state index contributed by atoms with van der Waals surface area (Å²) in [4.78, 5) is 14.9. The van der Waals surface area contributed by atoms with Gasteiger partial charge in [-0.1, -0.05) is 48.0 Å². The van der Waals surface area contributed by atoms with Crippen molar-refractivity contribution in [2.75, 3.05) is 19.1 Å². The summed E-state index contributed by atoms with van der Waals surface area (Å²) in [7, 11) is -2.13. The van der Waals surface area contributed by atoms with E-state index in [1.165, 1.54) is 0 Å². The number of hydrogen-bond donors (Lipinski definition) is 1. The van der Waals surface area contributed by atoms with Crippen LogP contribution in [0.25, 0.3) is 0 Å². The van der Waals surface area contributed by atoms with Crippen LogP contribution in [-0.2, 0) is 27.9 Å². The van der Waals surface area contributed by atoms with Gasteiger partial charge in [-0.2, -0.15) is 21.6 Å². The summed E-state index contributed by atoms with van der Waals surface area (Å²) in [5.74, 6) is 0.394. The van der Waals surface area contributed by atoms with Gasteiger partial charge in [0.05, 0.1) is 17.6 Å². The number of nitrogens with zero attached hydrogens (tertiary/aromatic N) is 3. The normalized spacial score (nSPS) is 12.5. The molecule has 9 heteroatoms. The molecule has 0 radical (unpaired) electrons. The van der Waals surface area contributed by atoms with Gasteiger partial charge >= 0.3 is 0 Å². The maximum Gasteiger partial charge on any atom is 0.241 e. The first-order valence-electron chi connectivity index (χ1n) is 10.7. The fraction of sp³-hybridized carbons (Fsp3) is 0.333. The predicted octanol–water partition coefficient (Wildman–Crippen LogP) is 3.30. The lowest BCUT2D eigenvalue weighted by Crippen LogP contribution is -2.47. The Labute approximate surface area is 200 Å². The number of sulfonamides is 1. The van der Waals surface area contributed by atoms with Crippen LogP contribution < -0.4 is 4.72 Å². The zero-order valence-corrected chi connectivity index (χ0v) is 20.8. The molecule has 176 valence electrons. The second-order valence-electron chi connectivity index (χ2n) is 7.99. The first-order valence-corrected chi connectivity index (χ1v) is 13.5. The molecule has 3 rings (SSSR count). The first-order chi connectivity index (χ1) is 15.8. The van der Waals surface area contributed by atoms with Crippen LogP contribution in [0.3, 0.4) is 0 Å². The first kappa shape index (κ1) is 25.0. The minimum absolute atomic E-state index is 0.153. The third-order valence-electron chi connectivity index (χ3n) is 5.21. The van der Waals surface area contributed by atoms with Gasteiger partial charge in [-0.3, -0.25) is 9.48 Å². The number of aryl methyl sites for hydroxylation is 1. The highest BCUT2D eigenvalue weighted by Gasteiger charge is 2.28. The van der Waals surface area contributed by atoms with Gasteiger partial charge in [0.15, 0.2) is 0 Å². The number of carbonyl (C=O) groups excluding carboxylic acids is 1. The van der Waals surface area contributed by atoms with Crippen LogP contribution in [0.1, 0.15) is 23.1 Å². The van der Waals surface area contributed by atoms with E-state index in [0.29, 0.717) is 25.3 Å². The van der Waals surface area contributed by atoms with Gasteiger partial charge in [-0.15, -0.1) is 0 Å². The van der Waals surface area contributed by atoms with Crippen LogP contribution >= 0.6 is 11.8 Å². The van der Waals surface area contributed by atoms with Crippen molar-refractivity contribution in [1.82, 2.24) is 19.4 Å². The Bertz CT molecular complexity index is 1150. The van der Waals surface area contributed by atoms with E-state index in [0.717, 1.165) is 16.7 Å². The molecule has 0 bridgehead atoms. The van der Waals surface area contributed by atoms with Gasteiger partial charge in [0.25, 0.3) is 0 Å². The third kappa shape index (κ3) is 7.18. The maximum atomic E-state index is 13.2. The van der Waals surface area contributed by atoms with E-state index in [4.69, 9.17) is 0 Å². The van der Waals surface area contributed by atoms with Gasteiger partial charge in [0.2, 0.25) is 15.9 Å². The average molecular weight is 487 g/mol. The quantitative estimate of drug-likeness (QED) is 0.450. The Balaban J connectivity index is 1.67. The summed E-state index contributed by atoms with van der Waals surface area (Å²) < 4.78 is 30.2. The molecule has 0 aliphatic heterocycles. The molecule has 1 amide bonds. The van der Waals surface area contributed by atoms with Crippen LogP contribution in [0.15, 0.2) is 71.9 Å². The lowest BCUT2D eigenvalue weighted by atomic mass is 10.2. The number of benzene rings is 2. The van der Waals surface area contributed by atoms with Crippen LogP contribution in [0.2, 0.25) is 0 Å². The molecular weight excluding hydrogens is 456 g/mol. The molecule has 7 nitrogen and oxygen atoms in total. The zero-order chi connectivity index (χ0) is 23.8. The number of hydrogen-bond acceptors (Lipinski definition) is 5. The summed E-state index contributed by atoms with van der Waals surface area (Å²) >= 11 is 1.57. The van der Waals surface area contributed by atoms with Crippen molar-refractivity contribution >= 4 is 27.7 Å². The Morgan fingerprint density at radius 3 is 2.48 bits per heavy atom. The van der Waals surface area contributed by atoms with Crippen molar-refractivity contribution in [1.29, 1.82) is 0 Å². The summed E-state index contributed by atoms with van der Waals surface area (Å²) in [5, 5.41) is 4.39. The highest BCUT2D eigenvalue weighted by atomic mass is 32.2. The van der Waals surface area contributed by atoms with Crippen LogP contribution in [0.5, 0.6) is 0 Å². The molecule has 3 aromatic rings. The van der Waals surface area contributed by atoms with Crippen LogP contribution in [0.4, 0.5) is 0 Å². The molecule has 1 atom stereocenters. The fourth-order valence-corrected chi connectivity index (χ4v) is 5.10. The molecule has 0 spiro atoms. The molecule has 1 aromatic heterocycles. The SMILES string of the molecule is CSCCC(NS(=O)(=O)c1ccc(C)cc1)C(=O)N(C)Cc1cnn(Cc2ccccc2)c1. The maximum absolute atomic E-state index is 13.2. The van der Waals surface area contributed by atoms with Gasteiger partial charge in [0.1, 0.15) is 6.04 Å². The third-order valence-corrected chi connectivity index (χ3v) is 7.34. The Morgan fingerprint density at radius 2 is 1.82 bits per heavy atom. The molecule has 1 unspecified atom stereocenters. The number of thioether (sulfide) groups is 1. The van der Waals surface area contributed by atoms with Crippen molar-refractivity contribution in [3.05, 3.63) is 83.7 Å². The second kappa shape index (κ2) is 11.5. The smallest absolute Gasteiger partial charge is 0.241 e. The molecule has 0 aliphatic carbocycles. The van der Waals surface area contributed by atoms with E-state index in [1.807, 2.05) is 54.4 Å². The minimum Gasteiger partial charge on any atom is -0.340 e. The van der Waals surface area contributed by atoms with Crippen LogP contribution in [-0.4, -0.2) is 54.1 Å². The molecule has 1 heterocycles. The van der Waals surface area contributed by atoms with Gasteiger partial charge in [-0.25, -0.2) is 8.42 Å². The van der Waals surface area contributed by atoms with E-state index in [2.05, 4.69) is 9.82 Å². The van der Waals surface area contributed by atoms with E-state index < -0.39 is 16.1 Å². The highest BCUT2D eigenvalue weighted by molar-refractivity contribution is 7.98. The number of carbonyl (C=O) groups is 1. The summed E-state index contributed by atoms with van der Waals surface area (Å²) in [6, 6.07) is 15.8. The molecule has 0 aliphatic rings. The second-order valence-corrected chi connectivity index (χ2v) is 10.7. The van der Waals surface area contributed by atoms with Crippen LogP contribution in [0, 0.1) is 6.92 Å². The number of rotatable bonds is 11. The zero-order valence-electron chi connectivity index (χ0n) is 19.1. The molecule has 1 N–H and O–H groups in total. The van der Waals surface area contributed by atoms with Crippen molar-refractivity contribution in [3.8, 4) is 0 Å². The largest absolute Gasteiger partial charge is 0.340 e. The Hall–Kier alpha value is -2.62. The van der Waals surface area contributed by atoms with E-state index in [-0.39, 0.29) is 10.8 Å². The lowest BCUT2D eigenvalue weighted by molar-refractivity contribution is -0.132. The molecule has 33 heavy (non-hydrogen) atoms. The average Bonchev–Trinajstić information content (AvgIpc) is 3.23. The van der Waals surface area contributed by atoms with Crippen molar-refractivity contribution in [2.45, 2.75) is 37.4 Å². The van der Waals surface area contributed by atoms with E-state index >= 15 is 0 Å². The van der Waals surface area contributed by atoms with Crippen molar-refractivity contribution in [3.63, 3.8) is 0 Å². The Morgan fingerprint density at radius 1 is 1.12 bits per heavy atom. The summed E-state index contributed by atoms with van der Waals surface area (Å²) in [6.45, 7) is 2.88. The predicted molar refractivity (Wildman–Crippen MR) is 133 cm³/mol. The Kier molecular flexibility index (Phi) is 8.71. The molecule has 0 saturated carbocycles. The molecule has 0 fully saturated rings. The highest BCUT2D eigenvalue weighted by Crippen LogP contribution is 2.14. The minimum atomic E-state index is -3.81. The lowest BCUT2D eigenvalue weighted by Gasteiger charge is -2.24. The monoisotopic (exact) mass is 486 g/mol. The van der Waals surface area contributed by atoms with Crippen molar-refractivity contribution < 1.29 is 13.2 Å². The summed E-state index contributed by atoms with van der Waals surface area (Å²) in [5.41, 5.74) is 2.99. The summed E-state index contributed by atoms with van der Waals surface area (Å²) in [6.07, 6.45) is 5.98. The molecule has 0 saturated heterocycles. The standard InChI is InChI=1S/C24H30N4O3S2/c1-19-9-11-22(12-10-19)33(30,31)26-23(13-14-32-3)24(29)27(2)16-21-15-25-28(18-21)17-20-7-5-4-6-8-20/h4-12,15,18,23,26H,13-14,16-17H2,1-3H3.